The third-order valence-corrected chi connectivity index (χ3v) is 3.76. The molecule has 0 radical (unpaired) electrons. The summed E-state index contributed by atoms with van der Waals surface area (Å²) in [4.78, 5) is 16.2. The van der Waals surface area contributed by atoms with Crippen LogP contribution in [-0.2, 0) is 16.1 Å². The zero-order valence-electron chi connectivity index (χ0n) is 11.2. The summed E-state index contributed by atoms with van der Waals surface area (Å²) in [5, 5.41) is 3.00. The van der Waals surface area contributed by atoms with E-state index in [0.717, 1.165) is 25.8 Å². The first-order valence-corrected chi connectivity index (χ1v) is 6.79. The van der Waals surface area contributed by atoms with Crippen molar-refractivity contribution >= 4 is 5.91 Å². The zero-order valence-corrected chi connectivity index (χ0v) is 11.2. The topological polar surface area (TPSA) is 82.2 Å². The van der Waals surface area contributed by atoms with Crippen molar-refractivity contribution in [1.29, 1.82) is 0 Å². The summed E-state index contributed by atoms with van der Waals surface area (Å²) >= 11 is 0. The van der Waals surface area contributed by atoms with Crippen LogP contribution in [0.2, 0.25) is 0 Å². The van der Waals surface area contributed by atoms with Gasteiger partial charge < -0.3 is 20.4 Å². The number of aryl methyl sites for hydroxylation is 1. The maximum atomic E-state index is 12.2. The van der Waals surface area contributed by atoms with E-state index in [9.17, 15) is 4.79 Å². The molecule has 0 bridgehead atoms. The molecule has 0 unspecified atom stereocenters. The van der Waals surface area contributed by atoms with Gasteiger partial charge in [-0.1, -0.05) is 0 Å². The lowest BCUT2D eigenvalue weighted by atomic mass is 9.79. The number of nitrogens with two attached hydrogens (primary N) is 1. The predicted octanol–water partition coefficient (Wildman–Crippen LogP) is 0.145. The number of imidazole rings is 1. The maximum Gasteiger partial charge on any atom is 0.227 e. The minimum Gasteiger partial charge on any atom is -0.381 e. The molecule has 1 saturated heterocycles. The van der Waals surface area contributed by atoms with Crippen LogP contribution in [0.25, 0.3) is 0 Å². The van der Waals surface area contributed by atoms with Crippen molar-refractivity contribution in [2.45, 2.75) is 25.8 Å². The molecule has 2 rings (SSSR count). The van der Waals surface area contributed by atoms with Crippen molar-refractivity contribution in [3.63, 3.8) is 0 Å². The van der Waals surface area contributed by atoms with Gasteiger partial charge in [-0.2, -0.15) is 0 Å². The van der Waals surface area contributed by atoms with Gasteiger partial charge in [0.15, 0.2) is 0 Å². The summed E-state index contributed by atoms with van der Waals surface area (Å²) in [5.41, 5.74) is 5.37. The quantitative estimate of drug-likeness (QED) is 0.718. The van der Waals surface area contributed by atoms with Gasteiger partial charge in [0.05, 0.1) is 11.7 Å². The lowest BCUT2D eigenvalue weighted by molar-refractivity contribution is -0.135. The first kappa shape index (κ1) is 14.0. The molecule has 1 fully saturated rings. The molecule has 0 saturated carbocycles. The number of hydrogen-bond acceptors (Lipinski definition) is 4. The van der Waals surface area contributed by atoms with Gasteiger partial charge in [0.25, 0.3) is 0 Å². The Morgan fingerprint density at radius 2 is 2.26 bits per heavy atom. The van der Waals surface area contributed by atoms with Crippen molar-refractivity contribution in [1.82, 2.24) is 14.9 Å². The lowest BCUT2D eigenvalue weighted by Gasteiger charge is -2.34. The summed E-state index contributed by atoms with van der Waals surface area (Å²) in [6, 6.07) is 0. The summed E-state index contributed by atoms with van der Waals surface area (Å²) in [6.45, 7) is 3.17. The Morgan fingerprint density at radius 3 is 2.89 bits per heavy atom. The zero-order chi connectivity index (χ0) is 13.6. The molecule has 6 heteroatoms. The van der Waals surface area contributed by atoms with Crippen molar-refractivity contribution in [3.8, 4) is 0 Å². The van der Waals surface area contributed by atoms with Crippen LogP contribution in [0.3, 0.4) is 0 Å². The van der Waals surface area contributed by atoms with Crippen LogP contribution in [0.15, 0.2) is 18.7 Å². The molecule has 3 N–H and O–H groups in total. The molecule has 0 aromatic carbocycles. The van der Waals surface area contributed by atoms with Crippen LogP contribution < -0.4 is 11.1 Å². The van der Waals surface area contributed by atoms with Crippen LogP contribution in [0.4, 0.5) is 0 Å². The average Bonchev–Trinajstić information content (AvgIpc) is 2.97. The van der Waals surface area contributed by atoms with Gasteiger partial charge in [-0.3, -0.25) is 4.79 Å². The second-order valence-electron chi connectivity index (χ2n) is 5.01. The number of nitrogens with zero attached hydrogens (tertiary/aromatic N) is 2. The second kappa shape index (κ2) is 6.68. The van der Waals surface area contributed by atoms with Crippen LogP contribution in [0.1, 0.15) is 19.3 Å². The molecular weight excluding hydrogens is 244 g/mol. The number of nitrogens with one attached hydrogen (secondary N) is 1. The van der Waals surface area contributed by atoms with E-state index < -0.39 is 5.41 Å². The Balaban J connectivity index is 1.73. The highest BCUT2D eigenvalue weighted by Crippen LogP contribution is 2.29. The fourth-order valence-electron chi connectivity index (χ4n) is 2.36. The highest BCUT2D eigenvalue weighted by atomic mass is 16.5. The number of aromatic nitrogens is 2. The third-order valence-electron chi connectivity index (χ3n) is 3.76. The van der Waals surface area contributed by atoms with E-state index in [2.05, 4.69) is 10.3 Å². The van der Waals surface area contributed by atoms with Gasteiger partial charge in [-0.15, -0.1) is 0 Å². The van der Waals surface area contributed by atoms with E-state index in [4.69, 9.17) is 10.5 Å². The van der Waals surface area contributed by atoms with Gasteiger partial charge in [-0.25, -0.2) is 4.98 Å². The fraction of sp³-hybridized carbons (Fsp3) is 0.692. The summed E-state index contributed by atoms with van der Waals surface area (Å²) in [7, 11) is 0. The molecule has 106 valence electrons. The standard InChI is InChI=1S/C13H22N4O2/c14-10-13(2-8-19-9-3-13)12(18)16-4-1-6-17-7-5-15-11-17/h5,7,11H,1-4,6,8-10,14H2,(H,16,18). The number of hydrogen-bond donors (Lipinski definition) is 2. The van der Waals surface area contributed by atoms with Crippen molar-refractivity contribution in [2.75, 3.05) is 26.3 Å². The van der Waals surface area contributed by atoms with Gasteiger partial charge >= 0.3 is 0 Å². The van der Waals surface area contributed by atoms with Crippen LogP contribution >= 0.6 is 0 Å². The molecule has 19 heavy (non-hydrogen) atoms. The third kappa shape index (κ3) is 3.54. The van der Waals surface area contributed by atoms with E-state index in [1.54, 1.807) is 12.5 Å². The van der Waals surface area contributed by atoms with Gasteiger partial charge in [0, 0.05) is 45.2 Å². The molecule has 2 heterocycles. The molecular formula is C13H22N4O2. The number of amides is 1. The van der Waals surface area contributed by atoms with Gasteiger partial charge in [-0.05, 0) is 19.3 Å². The highest BCUT2D eigenvalue weighted by molar-refractivity contribution is 5.83. The van der Waals surface area contributed by atoms with Gasteiger partial charge in [0.2, 0.25) is 5.91 Å². The molecule has 0 spiro atoms. The minimum atomic E-state index is -0.423. The number of ether oxygens (including phenoxy) is 1. The normalized spacial score (nSPS) is 18.2. The first-order chi connectivity index (χ1) is 9.27. The SMILES string of the molecule is NCC1(C(=O)NCCCn2ccnc2)CCOCC1. The number of carbonyl (C=O) groups is 1. The number of rotatable bonds is 6. The molecule has 1 aliphatic rings. The van der Waals surface area contributed by atoms with E-state index >= 15 is 0 Å². The predicted molar refractivity (Wildman–Crippen MR) is 71.4 cm³/mol. The fourth-order valence-corrected chi connectivity index (χ4v) is 2.36. The maximum absolute atomic E-state index is 12.2. The molecule has 1 amide bonds. The smallest absolute Gasteiger partial charge is 0.227 e. The molecule has 1 aromatic heterocycles. The molecule has 0 aliphatic carbocycles. The monoisotopic (exact) mass is 266 g/mol. The largest absolute Gasteiger partial charge is 0.381 e. The molecule has 0 atom stereocenters. The molecule has 1 aliphatic heterocycles. The van der Waals surface area contributed by atoms with E-state index in [1.165, 1.54) is 0 Å². The minimum absolute atomic E-state index is 0.0731. The Hall–Kier alpha value is -1.40. The second-order valence-corrected chi connectivity index (χ2v) is 5.01. The summed E-state index contributed by atoms with van der Waals surface area (Å²) < 4.78 is 7.30. The lowest BCUT2D eigenvalue weighted by Crippen LogP contribution is -2.49. The van der Waals surface area contributed by atoms with E-state index in [0.29, 0.717) is 26.3 Å². The Morgan fingerprint density at radius 1 is 1.47 bits per heavy atom. The van der Waals surface area contributed by atoms with Crippen molar-refractivity contribution < 1.29 is 9.53 Å². The Labute approximate surface area is 113 Å². The first-order valence-electron chi connectivity index (χ1n) is 6.79. The van der Waals surface area contributed by atoms with Crippen molar-refractivity contribution in [3.05, 3.63) is 18.7 Å². The van der Waals surface area contributed by atoms with Crippen LogP contribution in [-0.4, -0.2) is 41.8 Å². The molecule has 6 nitrogen and oxygen atoms in total. The van der Waals surface area contributed by atoms with Crippen LogP contribution in [0.5, 0.6) is 0 Å². The van der Waals surface area contributed by atoms with E-state index in [1.807, 2.05) is 10.8 Å². The average molecular weight is 266 g/mol. The highest BCUT2D eigenvalue weighted by Gasteiger charge is 2.38. The summed E-state index contributed by atoms with van der Waals surface area (Å²) in [6.07, 6.45) is 7.78. The Bertz CT molecular complexity index is 385. The van der Waals surface area contributed by atoms with Crippen molar-refractivity contribution in [2.24, 2.45) is 11.1 Å². The molecule has 1 aromatic rings. The van der Waals surface area contributed by atoms with Crippen LogP contribution in [0, 0.1) is 5.41 Å². The van der Waals surface area contributed by atoms with E-state index in [-0.39, 0.29) is 5.91 Å². The Kier molecular flexibility index (Phi) is 4.93. The number of carbonyl (C=O) groups excluding carboxylic acids is 1. The van der Waals surface area contributed by atoms with Gasteiger partial charge in [0.1, 0.15) is 0 Å². The summed E-state index contributed by atoms with van der Waals surface area (Å²) in [5.74, 6) is 0.0731.